The molecular weight excluding hydrogens is 700 g/mol. The Morgan fingerprint density at radius 1 is 1.02 bits per heavy atom. The van der Waals surface area contributed by atoms with Gasteiger partial charge in [-0.15, -0.1) is 0 Å². The van der Waals surface area contributed by atoms with Crippen molar-refractivity contribution >= 4 is 69.8 Å². The third-order valence-electron chi connectivity index (χ3n) is 5.54. The summed E-state index contributed by atoms with van der Waals surface area (Å²) < 4.78 is 17.3. The number of rotatable bonds is 14. The highest BCUT2D eigenvalue weighted by atomic mass is 127. The summed E-state index contributed by atoms with van der Waals surface area (Å²) in [4.78, 5) is 37.1. The Kier molecular flexibility index (Phi) is 12.7. The molecule has 0 radical (unpaired) electrons. The molecule has 0 fully saturated rings. The van der Waals surface area contributed by atoms with Crippen LogP contribution in [0.5, 0.6) is 17.2 Å². The van der Waals surface area contributed by atoms with Crippen LogP contribution in [0.2, 0.25) is 10.0 Å². The van der Waals surface area contributed by atoms with Crippen molar-refractivity contribution in [3.05, 3.63) is 85.4 Å². The van der Waals surface area contributed by atoms with E-state index in [-0.39, 0.29) is 17.2 Å². The van der Waals surface area contributed by atoms with E-state index in [2.05, 4.69) is 15.8 Å². The zero-order valence-electron chi connectivity index (χ0n) is 22.6. The van der Waals surface area contributed by atoms with Crippen LogP contribution >= 0.6 is 45.8 Å². The number of nitrogens with zero attached hydrogens (tertiary/aromatic N) is 1. The first-order valence-corrected chi connectivity index (χ1v) is 14.5. The van der Waals surface area contributed by atoms with Gasteiger partial charge in [-0.05, 0) is 77.9 Å². The number of carboxylic acid groups (broad SMARTS) is 1. The minimum Gasteiger partial charge on any atom is -0.490 e. The number of hydrogen-bond acceptors (Lipinski definition) is 7. The summed E-state index contributed by atoms with van der Waals surface area (Å²) in [5.41, 5.74) is 3.86. The Morgan fingerprint density at radius 3 is 2.43 bits per heavy atom. The fourth-order valence-corrected chi connectivity index (χ4v) is 4.84. The molecule has 3 aromatic carbocycles. The number of nitrogens with one attached hydrogen (secondary N) is 2. The van der Waals surface area contributed by atoms with Crippen molar-refractivity contribution in [2.24, 2.45) is 5.10 Å². The minimum absolute atomic E-state index is 0.199. The third-order valence-corrected chi connectivity index (χ3v) is 6.87. The highest BCUT2D eigenvalue weighted by Crippen LogP contribution is 2.34. The first-order valence-electron chi connectivity index (χ1n) is 12.7. The fourth-order valence-electron chi connectivity index (χ4n) is 3.61. The number of carboxylic acids is 1. The van der Waals surface area contributed by atoms with Crippen LogP contribution in [0.3, 0.4) is 0 Å². The van der Waals surface area contributed by atoms with Crippen molar-refractivity contribution < 1.29 is 33.7 Å². The smallest absolute Gasteiger partial charge is 0.341 e. The second kappa shape index (κ2) is 16.2. The summed E-state index contributed by atoms with van der Waals surface area (Å²) in [6.45, 7) is 3.12. The Labute approximate surface area is 266 Å². The van der Waals surface area contributed by atoms with E-state index in [1.54, 1.807) is 31.2 Å². The van der Waals surface area contributed by atoms with Gasteiger partial charge in [0.2, 0.25) is 0 Å². The SMILES string of the molecule is CCOc1cc(/C=N\NC(=O)[C@H](Cc2ccccc2)NC(=O)[C@@H](C)Oc2ccc(Cl)cc2Cl)cc(I)c1OCC(=O)O. The van der Waals surface area contributed by atoms with E-state index in [0.29, 0.717) is 32.3 Å². The molecule has 2 atom stereocenters. The normalized spacial score (nSPS) is 12.3. The first kappa shape index (κ1) is 33.0. The number of ether oxygens (including phenoxy) is 3. The van der Waals surface area contributed by atoms with Gasteiger partial charge in [-0.25, -0.2) is 10.2 Å². The maximum Gasteiger partial charge on any atom is 0.341 e. The van der Waals surface area contributed by atoms with Gasteiger partial charge in [0, 0.05) is 11.4 Å². The predicted molar refractivity (Wildman–Crippen MR) is 168 cm³/mol. The van der Waals surface area contributed by atoms with Crippen LogP contribution in [0.1, 0.15) is 25.0 Å². The highest BCUT2D eigenvalue weighted by molar-refractivity contribution is 14.1. The average Bonchev–Trinajstić information content (AvgIpc) is 2.94. The molecule has 0 heterocycles. The molecule has 42 heavy (non-hydrogen) atoms. The molecule has 0 saturated carbocycles. The Balaban J connectivity index is 1.73. The topological polar surface area (TPSA) is 136 Å². The highest BCUT2D eigenvalue weighted by Gasteiger charge is 2.25. The average molecular weight is 728 g/mol. The van der Waals surface area contributed by atoms with Crippen LogP contribution in [0.15, 0.2) is 65.8 Å². The van der Waals surface area contributed by atoms with Crippen molar-refractivity contribution in [2.45, 2.75) is 32.4 Å². The lowest BCUT2D eigenvalue weighted by atomic mass is 10.1. The lowest BCUT2D eigenvalue weighted by molar-refractivity contribution is -0.139. The summed E-state index contributed by atoms with van der Waals surface area (Å²) in [5.74, 6) is -1.30. The molecule has 10 nitrogen and oxygen atoms in total. The van der Waals surface area contributed by atoms with Crippen LogP contribution < -0.4 is 25.0 Å². The van der Waals surface area contributed by atoms with Crippen LogP contribution in [0, 0.1) is 3.57 Å². The summed E-state index contributed by atoms with van der Waals surface area (Å²) >= 11 is 14.1. The lowest BCUT2D eigenvalue weighted by Crippen LogP contribution is -2.50. The van der Waals surface area contributed by atoms with E-state index in [9.17, 15) is 14.4 Å². The number of halogens is 3. The van der Waals surface area contributed by atoms with Crippen molar-refractivity contribution in [1.29, 1.82) is 0 Å². The number of aliphatic carboxylic acids is 1. The van der Waals surface area contributed by atoms with Crippen LogP contribution in [-0.4, -0.2) is 54.5 Å². The summed E-state index contributed by atoms with van der Waals surface area (Å²) in [7, 11) is 0. The van der Waals surface area contributed by atoms with E-state index in [4.69, 9.17) is 42.5 Å². The zero-order valence-corrected chi connectivity index (χ0v) is 26.3. The summed E-state index contributed by atoms with van der Waals surface area (Å²) in [5, 5.41) is 16.4. The first-order chi connectivity index (χ1) is 20.1. The van der Waals surface area contributed by atoms with Crippen molar-refractivity contribution in [2.75, 3.05) is 13.2 Å². The fraction of sp³-hybridized carbons (Fsp3) is 0.241. The molecule has 3 aromatic rings. The van der Waals surface area contributed by atoms with Crippen LogP contribution in [-0.2, 0) is 20.8 Å². The van der Waals surface area contributed by atoms with Gasteiger partial charge in [0.15, 0.2) is 24.2 Å². The molecule has 13 heteroatoms. The van der Waals surface area contributed by atoms with Crippen LogP contribution in [0.4, 0.5) is 0 Å². The van der Waals surface area contributed by atoms with E-state index in [1.807, 2.05) is 52.9 Å². The van der Waals surface area contributed by atoms with Crippen molar-refractivity contribution in [3.8, 4) is 17.2 Å². The molecule has 0 aliphatic rings. The molecular formula is C29H28Cl2IN3O7. The van der Waals surface area contributed by atoms with Crippen LogP contribution in [0.25, 0.3) is 0 Å². The molecule has 0 aromatic heterocycles. The second-order valence-corrected chi connectivity index (χ2v) is 10.8. The number of benzene rings is 3. The molecule has 0 spiro atoms. The Hall–Kier alpha value is -3.55. The summed E-state index contributed by atoms with van der Waals surface area (Å²) in [6, 6.07) is 16.2. The molecule has 3 rings (SSSR count). The zero-order chi connectivity index (χ0) is 30.6. The standard InChI is InChI=1S/C29H28Cl2IN3O7/c1-3-40-25-13-19(11-22(32)27(25)41-16-26(36)37)15-33-35-29(39)23(12-18-7-5-4-6-8-18)34-28(38)17(2)42-24-10-9-20(30)14-21(24)31/h4-11,13-15,17,23H,3,12,16H2,1-2H3,(H,34,38)(H,35,39)(H,36,37)/b33-15-/t17-,23+/m1/s1. The Bertz CT molecular complexity index is 1440. The third kappa shape index (κ3) is 10.1. The molecule has 0 bridgehead atoms. The van der Waals surface area contributed by atoms with Gasteiger partial charge < -0.3 is 24.6 Å². The Morgan fingerprint density at radius 2 is 1.76 bits per heavy atom. The van der Waals surface area contributed by atoms with Gasteiger partial charge in [-0.1, -0.05) is 53.5 Å². The maximum atomic E-state index is 13.2. The molecule has 0 saturated heterocycles. The van der Waals surface area contributed by atoms with E-state index in [0.717, 1.165) is 5.56 Å². The predicted octanol–water partition coefficient (Wildman–Crippen LogP) is 5.11. The molecule has 222 valence electrons. The van der Waals surface area contributed by atoms with E-state index < -0.39 is 36.5 Å². The number of amides is 2. The molecule has 0 unspecified atom stereocenters. The van der Waals surface area contributed by atoms with E-state index in [1.165, 1.54) is 19.2 Å². The monoisotopic (exact) mass is 727 g/mol. The molecule has 0 aliphatic heterocycles. The van der Waals surface area contributed by atoms with Gasteiger partial charge in [-0.3, -0.25) is 9.59 Å². The van der Waals surface area contributed by atoms with Gasteiger partial charge in [0.05, 0.1) is 21.4 Å². The molecule has 0 aliphatic carbocycles. The van der Waals surface area contributed by atoms with Gasteiger partial charge in [-0.2, -0.15) is 5.10 Å². The molecule has 3 N–H and O–H groups in total. The van der Waals surface area contributed by atoms with Gasteiger partial charge in [0.1, 0.15) is 11.8 Å². The number of carbonyl (C=O) groups excluding carboxylic acids is 2. The minimum atomic E-state index is -1.12. The quantitative estimate of drug-likeness (QED) is 0.119. The van der Waals surface area contributed by atoms with Crippen molar-refractivity contribution in [3.63, 3.8) is 0 Å². The lowest BCUT2D eigenvalue weighted by Gasteiger charge is -2.21. The number of hydrazone groups is 1. The van der Waals surface area contributed by atoms with E-state index >= 15 is 0 Å². The van der Waals surface area contributed by atoms with Gasteiger partial charge in [0.25, 0.3) is 11.8 Å². The van der Waals surface area contributed by atoms with Gasteiger partial charge >= 0.3 is 5.97 Å². The molecule has 2 amide bonds. The number of hydrogen-bond donors (Lipinski definition) is 3. The second-order valence-electron chi connectivity index (χ2n) is 8.77. The summed E-state index contributed by atoms with van der Waals surface area (Å²) in [6.07, 6.45) is 0.628. The maximum absolute atomic E-state index is 13.2. The largest absolute Gasteiger partial charge is 0.490 e. The number of carbonyl (C=O) groups is 3. The van der Waals surface area contributed by atoms with Crippen molar-refractivity contribution in [1.82, 2.24) is 10.7 Å².